The van der Waals surface area contributed by atoms with Crippen LogP contribution in [0.2, 0.25) is 5.15 Å². The van der Waals surface area contributed by atoms with Crippen molar-refractivity contribution >= 4 is 23.2 Å². The normalized spacial score (nSPS) is 17.6. The maximum absolute atomic E-state index is 12.3. The number of H-pyrrole nitrogens is 1. The van der Waals surface area contributed by atoms with E-state index < -0.39 is 0 Å². The molecule has 1 unspecified atom stereocenters. The van der Waals surface area contributed by atoms with Gasteiger partial charge in [0.2, 0.25) is 5.91 Å². The molecule has 7 heteroatoms. The van der Waals surface area contributed by atoms with Gasteiger partial charge in [0.1, 0.15) is 0 Å². The summed E-state index contributed by atoms with van der Waals surface area (Å²) >= 11 is 6.01. The molecule has 0 radical (unpaired) electrons. The maximum atomic E-state index is 12.3. The molecule has 0 aliphatic carbocycles. The number of nitrogens with zero attached hydrogens (tertiary/aromatic N) is 2. The summed E-state index contributed by atoms with van der Waals surface area (Å²) in [6.07, 6.45) is 3.82. The van der Waals surface area contributed by atoms with E-state index in [2.05, 4.69) is 25.6 Å². The molecule has 0 saturated carbocycles. The van der Waals surface area contributed by atoms with E-state index in [4.69, 9.17) is 11.6 Å². The van der Waals surface area contributed by atoms with Gasteiger partial charge in [-0.15, -0.1) is 0 Å². The topological polar surface area (TPSA) is 82.7 Å². The number of rotatable bonds is 2. The quantitative estimate of drug-likeness (QED) is 0.731. The summed E-state index contributed by atoms with van der Waals surface area (Å²) in [6, 6.07) is 1.49. The van der Waals surface area contributed by atoms with E-state index in [1.54, 1.807) is 12.5 Å². The van der Waals surface area contributed by atoms with Crippen LogP contribution in [-0.4, -0.2) is 26.9 Å². The SMILES string of the molecule is Cc1ccnc(Cl)c1NC(=O)C1Cc2nc[nH]c2CN1. The van der Waals surface area contributed by atoms with Crippen LogP contribution in [0, 0.1) is 6.92 Å². The first kappa shape index (κ1) is 13.1. The second-order valence-corrected chi connectivity index (χ2v) is 5.11. The van der Waals surface area contributed by atoms with Crippen molar-refractivity contribution in [1.29, 1.82) is 0 Å². The van der Waals surface area contributed by atoms with Crippen LogP contribution in [0.4, 0.5) is 5.69 Å². The molecule has 20 heavy (non-hydrogen) atoms. The number of carbonyl (C=O) groups excluding carboxylic acids is 1. The minimum absolute atomic E-state index is 0.128. The van der Waals surface area contributed by atoms with Gasteiger partial charge in [0.15, 0.2) is 5.15 Å². The Labute approximate surface area is 121 Å². The lowest BCUT2D eigenvalue weighted by Crippen LogP contribution is -2.44. The smallest absolute Gasteiger partial charge is 0.242 e. The molecule has 3 heterocycles. The summed E-state index contributed by atoms with van der Waals surface area (Å²) in [4.78, 5) is 23.6. The van der Waals surface area contributed by atoms with Crippen molar-refractivity contribution in [1.82, 2.24) is 20.3 Å². The zero-order chi connectivity index (χ0) is 14.1. The van der Waals surface area contributed by atoms with E-state index in [1.807, 2.05) is 13.0 Å². The van der Waals surface area contributed by atoms with Gasteiger partial charge in [-0.2, -0.15) is 0 Å². The van der Waals surface area contributed by atoms with Crippen molar-refractivity contribution < 1.29 is 4.79 Å². The van der Waals surface area contributed by atoms with Crippen LogP contribution < -0.4 is 10.6 Å². The Kier molecular flexibility index (Phi) is 3.42. The first-order valence-corrected chi connectivity index (χ1v) is 6.69. The molecule has 0 bridgehead atoms. The van der Waals surface area contributed by atoms with Gasteiger partial charge in [-0.1, -0.05) is 11.6 Å². The summed E-state index contributed by atoms with van der Waals surface area (Å²) in [5.74, 6) is -0.128. The number of aryl methyl sites for hydroxylation is 1. The maximum Gasteiger partial charge on any atom is 0.242 e. The van der Waals surface area contributed by atoms with Gasteiger partial charge in [0.25, 0.3) is 0 Å². The van der Waals surface area contributed by atoms with Crippen molar-refractivity contribution in [2.75, 3.05) is 5.32 Å². The second-order valence-electron chi connectivity index (χ2n) is 4.75. The molecular weight excluding hydrogens is 278 g/mol. The molecule has 0 aromatic carbocycles. The predicted molar refractivity (Wildman–Crippen MR) is 75.5 cm³/mol. The average molecular weight is 292 g/mol. The van der Waals surface area contributed by atoms with Gasteiger partial charge in [-0.25, -0.2) is 9.97 Å². The number of imidazole rings is 1. The van der Waals surface area contributed by atoms with Crippen molar-refractivity contribution in [2.45, 2.75) is 25.9 Å². The number of halogens is 1. The van der Waals surface area contributed by atoms with Gasteiger partial charge in [-0.05, 0) is 18.6 Å². The van der Waals surface area contributed by atoms with Crippen LogP contribution in [0.25, 0.3) is 0 Å². The van der Waals surface area contributed by atoms with Crippen LogP contribution in [0.3, 0.4) is 0 Å². The molecular formula is C13H14ClN5O. The minimum atomic E-state index is -0.318. The molecule has 3 N–H and O–H groups in total. The van der Waals surface area contributed by atoms with Crippen molar-refractivity contribution in [3.05, 3.63) is 40.7 Å². The summed E-state index contributed by atoms with van der Waals surface area (Å²) in [7, 11) is 0. The molecule has 6 nitrogen and oxygen atoms in total. The molecule has 1 atom stereocenters. The average Bonchev–Trinajstić information content (AvgIpc) is 2.90. The van der Waals surface area contributed by atoms with E-state index >= 15 is 0 Å². The molecule has 1 aliphatic rings. The van der Waals surface area contributed by atoms with Crippen LogP contribution in [0.1, 0.15) is 17.0 Å². The Morgan fingerprint density at radius 2 is 2.35 bits per heavy atom. The lowest BCUT2D eigenvalue weighted by molar-refractivity contribution is -0.118. The number of aromatic nitrogens is 3. The third-order valence-electron chi connectivity index (χ3n) is 3.41. The van der Waals surface area contributed by atoms with Gasteiger partial charge < -0.3 is 10.3 Å². The number of carbonyl (C=O) groups is 1. The molecule has 104 valence electrons. The predicted octanol–water partition coefficient (Wildman–Crippen LogP) is 1.42. The highest BCUT2D eigenvalue weighted by molar-refractivity contribution is 6.32. The number of amides is 1. The number of hydrogen-bond acceptors (Lipinski definition) is 4. The molecule has 3 rings (SSSR count). The van der Waals surface area contributed by atoms with Crippen LogP contribution in [0.15, 0.2) is 18.6 Å². The summed E-state index contributed by atoms with van der Waals surface area (Å²) in [6.45, 7) is 2.48. The van der Waals surface area contributed by atoms with Crippen LogP contribution >= 0.6 is 11.6 Å². The van der Waals surface area contributed by atoms with E-state index in [0.29, 0.717) is 23.8 Å². The second kappa shape index (κ2) is 5.22. The minimum Gasteiger partial charge on any atom is -0.347 e. The standard InChI is InChI=1S/C13H14ClN5O/c1-7-2-3-15-12(14)11(7)19-13(20)9-4-8-10(5-16-9)18-6-17-8/h2-3,6,9,16H,4-5H2,1H3,(H,17,18)(H,19,20). The zero-order valence-corrected chi connectivity index (χ0v) is 11.7. The van der Waals surface area contributed by atoms with Crippen molar-refractivity contribution in [2.24, 2.45) is 0 Å². The first-order chi connectivity index (χ1) is 9.65. The number of anilines is 1. The van der Waals surface area contributed by atoms with Crippen molar-refractivity contribution in [3.63, 3.8) is 0 Å². The highest BCUT2D eigenvalue weighted by Crippen LogP contribution is 2.23. The van der Waals surface area contributed by atoms with Gasteiger partial charge in [-0.3, -0.25) is 10.1 Å². The molecule has 1 aliphatic heterocycles. The van der Waals surface area contributed by atoms with E-state index in [9.17, 15) is 4.79 Å². The fraction of sp³-hybridized carbons (Fsp3) is 0.308. The van der Waals surface area contributed by atoms with Gasteiger partial charge >= 0.3 is 0 Å². The molecule has 0 fully saturated rings. The number of hydrogen-bond donors (Lipinski definition) is 3. The van der Waals surface area contributed by atoms with Gasteiger partial charge in [0, 0.05) is 19.2 Å². The molecule has 2 aromatic heterocycles. The van der Waals surface area contributed by atoms with Crippen LogP contribution in [0.5, 0.6) is 0 Å². The zero-order valence-electron chi connectivity index (χ0n) is 10.9. The summed E-state index contributed by atoms with van der Waals surface area (Å²) < 4.78 is 0. The molecule has 2 aromatic rings. The third kappa shape index (κ3) is 2.39. The number of fused-ring (bicyclic) bond motifs is 1. The van der Waals surface area contributed by atoms with Crippen molar-refractivity contribution in [3.8, 4) is 0 Å². The molecule has 0 saturated heterocycles. The highest BCUT2D eigenvalue weighted by Gasteiger charge is 2.26. The Bertz CT molecular complexity index is 634. The van der Waals surface area contributed by atoms with Gasteiger partial charge in [0.05, 0.1) is 29.4 Å². The molecule has 0 spiro atoms. The Morgan fingerprint density at radius 1 is 1.50 bits per heavy atom. The lowest BCUT2D eigenvalue weighted by Gasteiger charge is -2.22. The fourth-order valence-corrected chi connectivity index (χ4v) is 2.49. The highest BCUT2D eigenvalue weighted by atomic mass is 35.5. The molecule has 1 amide bonds. The number of nitrogens with one attached hydrogen (secondary N) is 3. The monoisotopic (exact) mass is 291 g/mol. The summed E-state index contributed by atoms with van der Waals surface area (Å²) in [5, 5.41) is 6.31. The Balaban J connectivity index is 1.75. The fourth-order valence-electron chi connectivity index (χ4n) is 2.24. The Hall–Kier alpha value is -1.92. The lowest BCUT2D eigenvalue weighted by atomic mass is 10.0. The van der Waals surface area contributed by atoms with E-state index in [1.165, 1.54) is 0 Å². The largest absolute Gasteiger partial charge is 0.347 e. The third-order valence-corrected chi connectivity index (χ3v) is 3.69. The number of aromatic amines is 1. The summed E-state index contributed by atoms with van der Waals surface area (Å²) in [5.41, 5.74) is 3.41. The first-order valence-electron chi connectivity index (χ1n) is 6.31. The van der Waals surface area contributed by atoms with E-state index in [-0.39, 0.29) is 11.9 Å². The number of pyridine rings is 1. The van der Waals surface area contributed by atoms with Crippen LogP contribution in [-0.2, 0) is 17.8 Å². The van der Waals surface area contributed by atoms with E-state index in [0.717, 1.165) is 17.0 Å². The Morgan fingerprint density at radius 3 is 3.15 bits per heavy atom.